The van der Waals surface area contributed by atoms with Gasteiger partial charge in [-0.05, 0) is 24.3 Å². The molecule has 1 aliphatic carbocycles. The summed E-state index contributed by atoms with van der Waals surface area (Å²) < 4.78 is 10.7. The van der Waals surface area contributed by atoms with Crippen LogP contribution in [0.3, 0.4) is 0 Å². The maximum absolute atomic E-state index is 11.9. The Morgan fingerprint density at radius 1 is 1.21 bits per heavy atom. The Labute approximate surface area is 114 Å². The fourth-order valence-corrected chi connectivity index (χ4v) is 2.71. The van der Waals surface area contributed by atoms with E-state index in [1.54, 1.807) is 0 Å². The van der Waals surface area contributed by atoms with Gasteiger partial charge in [0.1, 0.15) is 0 Å². The van der Waals surface area contributed by atoms with Crippen molar-refractivity contribution in [3.63, 3.8) is 0 Å². The number of hydrogen-bond donors (Lipinski definition) is 0. The second-order valence-electron chi connectivity index (χ2n) is 5.14. The minimum atomic E-state index is -0.412. The molecule has 0 amide bonds. The molecule has 1 aromatic carbocycles. The minimum absolute atomic E-state index is 0.233. The second kappa shape index (κ2) is 7.29. The molecule has 104 valence electrons. The van der Waals surface area contributed by atoms with Crippen molar-refractivity contribution in [1.29, 1.82) is 0 Å². The first-order valence-corrected chi connectivity index (χ1v) is 7.04. The zero-order valence-corrected chi connectivity index (χ0v) is 11.5. The summed E-state index contributed by atoms with van der Waals surface area (Å²) in [6, 6.07) is 9.95. The number of methoxy groups -OCH3 is 1. The van der Waals surface area contributed by atoms with Crippen LogP contribution >= 0.6 is 0 Å². The summed E-state index contributed by atoms with van der Waals surface area (Å²) in [5, 5.41) is 0. The average Bonchev–Trinajstić information content (AvgIpc) is 2.49. The van der Waals surface area contributed by atoms with Gasteiger partial charge in [0.05, 0.1) is 13.7 Å². The fraction of sp³-hybridized carbons (Fsp3) is 0.562. The van der Waals surface area contributed by atoms with Gasteiger partial charge in [0, 0.05) is 0 Å². The normalized spacial score (nSPS) is 17.9. The predicted molar refractivity (Wildman–Crippen MR) is 73.6 cm³/mol. The summed E-state index contributed by atoms with van der Waals surface area (Å²) in [5.74, 6) is 0.0766. The highest BCUT2D eigenvalue weighted by Gasteiger charge is 2.31. The smallest absolute Gasteiger partial charge is 0.335 e. The Balaban J connectivity index is 1.95. The number of rotatable bonds is 5. The molecular formula is C16H22O3. The summed E-state index contributed by atoms with van der Waals surface area (Å²) in [6.45, 7) is 0.469. The summed E-state index contributed by atoms with van der Waals surface area (Å²) in [5.41, 5.74) is 1.09. The molecule has 1 unspecified atom stereocenters. The van der Waals surface area contributed by atoms with Crippen LogP contribution in [0.4, 0.5) is 0 Å². The largest absolute Gasteiger partial charge is 0.467 e. The minimum Gasteiger partial charge on any atom is -0.467 e. The Hall–Kier alpha value is -1.35. The van der Waals surface area contributed by atoms with Gasteiger partial charge in [-0.2, -0.15) is 0 Å². The van der Waals surface area contributed by atoms with E-state index in [2.05, 4.69) is 0 Å². The van der Waals surface area contributed by atoms with Crippen molar-refractivity contribution in [3.05, 3.63) is 35.9 Å². The van der Waals surface area contributed by atoms with Crippen LogP contribution in [0.25, 0.3) is 0 Å². The Morgan fingerprint density at radius 2 is 1.89 bits per heavy atom. The van der Waals surface area contributed by atoms with Crippen molar-refractivity contribution in [2.75, 3.05) is 7.11 Å². The first kappa shape index (κ1) is 14.1. The number of carbonyl (C=O) groups excluding carboxylic acids is 1. The van der Waals surface area contributed by atoms with Crippen molar-refractivity contribution < 1.29 is 14.3 Å². The molecule has 1 aliphatic rings. The Morgan fingerprint density at radius 3 is 2.53 bits per heavy atom. The first-order valence-electron chi connectivity index (χ1n) is 7.04. The molecule has 19 heavy (non-hydrogen) atoms. The lowest BCUT2D eigenvalue weighted by atomic mass is 9.85. The molecule has 0 N–H and O–H groups in total. The average molecular weight is 262 g/mol. The summed E-state index contributed by atoms with van der Waals surface area (Å²) in [6.07, 6.45) is 5.36. The van der Waals surface area contributed by atoms with Gasteiger partial charge < -0.3 is 9.47 Å². The van der Waals surface area contributed by atoms with Gasteiger partial charge in [-0.3, -0.25) is 0 Å². The second-order valence-corrected chi connectivity index (χ2v) is 5.14. The molecule has 0 aromatic heterocycles. The number of carbonyl (C=O) groups is 1. The summed E-state index contributed by atoms with van der Waals surface area (Å²) in [4.78, 5) is 11.9. The standard InChI is InChI=1S/C16H22O3/c1-18-16(17)15(14-10-6-3-7-11-14)19-12-13-8-4-2-5-9-13/h2,4-5,8-9,14-15H,3,6-7,10-12H2,1H3. The van der Waals surface area contributed by atoms with Crippen LogP contribution in [0, 0.1) is 5.92 Å². The van der Waals surface area contributed by atoms with Gasteiger partial charge in [-0.25, -0.2) is 4.79 Å². The quantitative estimate of drug-likeness (QED) is 0.764. The van der Waals surface area contributed by atoms with E-state index in [0.717, 1.165) is 18.4 Å². The molecule has 0 radical (unpaired) electrons. The lowest BCUT2D eigenvalue weighted by molar-refractivity contribution is -0.160. The zero-order chi connectivity index (χ0) is 13.5. The number of benzene rings is 1. The molecule has 3 heteroatoms. The Bertz CT molecular complexity index is 382. The number of hydrogen-bond acceptors (Lipinski definition) is 3. The third-order valence-electron chi connectivity index (χ3n) is 3.78. The van der Waals surface area contributed by atoms with Gasteiger partial charge in [0.15, 0.2) is 6.10 Å². The molecule has 1 aromatic rings. The highest BCUT2D eigenvalue weighted by molar-refractivity contribution is 5.74. The van der Waals surface area contributed by atoms with E-state index in [9.17, 15) is 4.79 Å². The summed E-state index contributed by atoms with van der Waals surface area (Å²) >= 11 is 0. The molecule has 0 saturated heterocycles. The molecule has 1 saturated carbocycles. The maximum Gasteiger partial charge on any atom is 0.335 e. The van der Waals surface area contributed by atoms with Crippen molar-refractivity contribution in [3.8, 4) is 0 Å². The molecule has 1 atom stereocenters. The molecule has 0 heterocycles. The van der Waals surface area contributed by atoms with Crippen LogP contribution in [-0.4, -0.2) is 19.2 Å². The highest BCUT2D eigenvalue weighted by Crippen LogP contribution is 2.29. The van der Waals surface area contributed by atoms with E-state index in [1.165, 1.54) is 26.4 Å². The number of esters is 1. The SMILES string of the molecule is COC(=O)C(OCc1ccccc1)C1CCCCC1. The predicted octanol–water partition coefficient (Wildman–Crippen LogP) is 3.33. The topological polar surface area (TPSA) is 35.5 Å². The monoisotopic (exact) mass is 262 g/mol. The van der Waals surface area contributed by atoms with Crippen LogP contribution in [-0.2, 0) is 20.9 Å². The van der Waals surface area contributed by atoms with Gasteiger partial charge in [0.25, 0.3) is 0 Å². The van der Waals surface area contributed by atoms with E-state index in [4.69, 9.17) is 9.47 Å². The van der Waals surface area contributed by atoms with Crippen molar-refractivity contribution in [2.45, 2.75) is 44.8 Å². The van der Waals surface area contributed by atoms with Crippen LogP contribution in [0.2, 0.25) is 0 Å². The van der Waals surface area contributed by atoms with Gasteiger partial charge in [-0.15, -0.1) is 0 Å². The van der Waals surface area contributed by atoms with E-state index < -0.39 is 6.10 Å². The van der Waals surface area contributed by atoms with E-state index >= 15 is 0 Å². The summed E-state index contributed by atoms with van der Waals surface area (Å²) in [7, 11) is 1.43. The van der Waals surface area contributed by atoms with Gasteiger partial charge in [0.2, 0.25) is 0 Å². The van der Waals surface area contributed by atoms with Crippen LogP contribution in [0.15, 0.2) is 30.3 Å². The first-order chi connectivity index (χ1) is 9.31. The third-order valence-corrected chi connectivity index (χ3v) is 3.78. The molecule has 0 spiro atoms. The lowest BCUT2D eigenvalue weighted by Gasteiger charge is -2.28. The van der Waals surface area contributed by atoms with Crippen LogP contribution in [0.5, 0.6) is 0 Å². The maximum atomic E-state index is 11.9. The van der Waals surface area contributed by atoms with Gasteiger partial charge in [-0.1, -0.05) is 49.6 Å². The molecule has 0 aliphatic heterocycles. The molecule has 0 bridgehead atoms. The van der Waals surface area contributed by atoms with Crippen molar-refractivity contribution in [2.24, 2.45) is 5.92 Å². The number of ether oxygens (including phenoxy) is 2. The van der Waals surface area contributed by atoms with Crippen molar-refractivity contribution in [1.82, 2.24) is 0 Å². The third kappa shape index (κ3) is 4.06. The molecule has 1 fully saturated rings. The van der Waals surface area contributed by atoms with Crippen LogP contribution < -0.4 is 0 Å². The fourth-order valence-electron chi connectivity index (χ4n) is 2.71. The zero-order valence-electron chi connectivity index (χ0n) is 11.5. The molecular weight excluding hydrogens is 240 g/mol. The van der Waals surface area contributed by atoms with Crippen LogP contribution in [0.1, 0.15) is 37.7 Å². The lowest BCUT2D eigenvalue weighted by Crippen LogP contribution is -2.34. The van der Waals surface area contributed by atoms with E-state index in [1.807, 2.05) is 30.3 Å². The van der Waals surface area contributed by atoms with Crippen molar-refractivity contribution >= 4 is 5.97 Å². The van der Waals surface area contributed by atoms with Gasteiger partial charge >= 0.3 is 5.97 Å². The molecule has 3 nitrogen and oxygen atoms in total. The van der Waals surface area contributed by atoms with E-state index in [0.29, 0.717) is 12.5 Å². The highest BCUT2D eigenvalue weighted by atomic mass is 16.6. The molecule has 2 rings (SSSR count). The van der Waals surface area contributed by atoms with E-state index in [-0.39, 0.29) is 5.97 Å². The Kier molecular flexibility index (Phi) is 5.40.